The summed E-state index contributed by atoms with van der Waals surface area (Å²) in [5.41, 5.74) is 0.577. The molecule has 0 aliphatic carbocycles. The topological polar surface area (TPSA) is 110 Å². The summed E-state index contributed by atoms with van der Waals surface area (Å²) in [5, 5.41) is 2.35. The SMILES string of the molecule is CCOc1cc(C)nc(NC(=O)NS(=O)(=O)c2cccc3c2SC(C)(C)S3)n1. The van der Waals surface area contributed by atoms with Gasteiger partial charge in [0.1, 0.15) is 4.90 Å². The minimum absolute atomic E-state index is 0.0412. The number of aromatic nitrogens is 2. The maximum Gasteiger partial charge on any atom is 0.335 e. The lowest BCUT2D eigenvalue weighted by Crippen LogP contribution is -2.35. The largest absolute Gasteiger partial charge is 0.478 e. The highest BCUT2D eigenvalue weighted by Crippen LogP contribution is 2.56. The molecule has 2 heterocycles. The summed E-state index contributed by atoms with van der Waals surface area (Å²) in [6.07, 6.45) is 0. The van der Waals surface area contributed by atoms with E-state index in [1.807, 2.05) is 24.6 Å². The number of anilines is 1. The average molecular weight is 441 g/mol. The van der Waals surface area contributed by atoms with Crippen LogP contribution in [0.25, 0.3) is 0 Å². The van der Waals surface area contributed by atoms with Gasteiger partial charge in [0.2, 0.25) is 11.8 Å². The number of fused-ring (bicyclic) bond motifs is 1. The van der Waals surface area contributed by atoms with Gasteiger partial charge in [-0.25, -0.2) is 22.9 Å². The van der Waals surface area contributed by atoms with Gasteiger partial charge in [0, 0.05) is 21.6 Å². The molecule has 2 aromatic rings. The third-order valence-corrected chi connectivity index (χ3v) is 7.83. The van der Waals surface area contributed by atoms with E-state index in [-0.39, 0.29) is 14.9 Å². The number of nitrogens with one attached hydrogen (secondary N) is 2. The van der Waals surface area contributed by atoms with Crippen LogP contribution < -0.4 is 14.8 Å². The minimum atomic E-state index is -4.07. The molecule has 0 atom stereocenters. The lowest BCUT2D eigenvalue weighted by Gasteiger charge is -2.14. The number of rotatable bonds is 5. The molecular formula is C17H20N4O4S3. The van der Waals surface area contributed by atoms with Crippen LogP contribution in [0.2, 0.25) is 0 Å². The summed E-state index contributed by atoms with van der Waals surface area (Å²) >= 11 is 3.05. The molecule has 1 aliphatic rings. The number of nitrogens with zero attached hydrogens (tertiary/aromatic N) is 2. The first-order valence-electron chi connectivity index (χ1n) is 8.43. The van der Waals surface area contributed by atoms with Crippen LogP contribution in [-0.2, 0) is 10.0 Å². The van der Waals surface area contributed by atoms with Gasteiger partial charge in [0.05, 0.1) is 10.7 Å². The number of thioether (sulfide) groups is 2. The molecule has 0 unspecified atom stereocenters. The zero-order chi connectivity index (χ0) is 20.5. The monoisotopic (exact) mass is 440 g/mol. The third kappa shape index (κ3) is 4.70. The van der Waals surface area contributed by atoms with Crippen molar-refractivity contribution in [2.75, 3.05) is 11.9 Å². The van der Waals surface area contributed by atoms with Crippen molar-refractivity contribution >= 4 is 45.5 Å². The van der Waals surface area contributed by atoms with Crippen LogP contribution in [0, 0.1) is 6.92 Å². The Balaban J connectivity index is 1.79. The van der Waals surface area contributed by atoms with E-state index in [0.717, 1.165) is 4.90 Å². The standard InChI is InChI=1S/C17H20N4O4S3/c1-5-25-13-9-10(2)18-15(19-13)20-16(22)21-28(23,24)12-8-6-7-11-14(12)27-17(3,4)26-11/h6-9H,5H2,1-4H3,(H2,18,19,20,21,22). The molecule has 0 saturated carbocycles. The van der Waals surface area contributed by atoms with Crippen LogP contribution >= 0.6 is 23.5 Å². The van der Waals surface area contributed by atoms with Gasteiger partial charge in [-0.15, -0.1) is 23.5 Å². The zero-order valence-electron chi connectivity index (χ0n) is 15.8. The average Bonchev–Trinajstić information content (AvgIpc) is 2.87. The number of aryl methyl sites for hydroxylation is 1. The summed E-state index contributed by atoms with van der Waals surface area (Å²) in [5.74, 6) is 0.255. The second-order valence-corrected chi connectivity index (χ2v) is 11.6. The highest BCUT2D eigenvalue weighted by molar-refractivity contribution is 8.20. The smallest absolute Gasteiger partial charge is 0.335 e. The molecule has 0 saturated heterocycles. The van der Waals surface area contributed by atoms with Gasteiger partial charge < -0.3 is 4.74 Å². The third-order valence-electron chi connectivity index (χ3n) is 3.51. The Morgan fingerprint density at radius 1 is 1.25 bits per heavy atom. The van der Waals surface area contributed by atoms with Gasteiger partial charge >= 0.3 is 6.03 Å². The fourth-order valence-corrected chi connectivity index (χ4v) is 6.72. The van der Waals surface area contributed by atoms with Gasteiger partial charge in [-0.1, -0.05) is 6.07 Å². The van der Waals surface area contributed by atoms with E-state index in [0.29, 0.717) is 23.1 Å². The van der Waals surface area contributed by atoms with Crippen molar-refractivity contribution in [2.45, 2.75) is 46.5 Å². The number of ether oxygens (including phenoxy) is 1. The van der Waals surface area contributed by atoms with E-state index in [1.165, 1.54) is 17.8 Å². The number of hydrogen-bond donors (Lipinski definition) is 2. The number of urea groups is 1. The molecular weight excluding hydrogens is 420 g/mol. The number of amides is 2. The number of carbonyl (C=O) groups excluding carboxylic acids is 1. The molecule has 1 aliphatic heterocycles. The van der Waals surface area contributed by atoms with Crippen LogP contribution in [0.15, 0.2) is 39.0 Å². The van der Waals surface area contributed by atoms with Crippen LogP contribution in [0.1, 0.15) is 26.5 Å². The van der Waals surface area contributed by atoms with E-state index in [9.17, 15) is 13.2 Å². The highest BCUT2D eigenvalue weighted by Gasteiger charge is 2.35. The molecule has 150 valence electrons. The lowest BCUT2D eigenvalue weighted by atomic mass is 10.4. The van der Waals surface area contributed by atoms with Crippen molar-refractivity contribution in [1.82, 2.24) is 14.7 Å². The molecule has 2 N–H and O–H groups in total. The quantitative estimate of drug-likeness (QED) is 0.725. The van der Waals surface area contributed by atoms with E-state index >= 15 is 0 Å². The van der Waals surface area contributed by atoms with Crippen molar-refractivity contribution in [2.24, 2.45) is 0 Å². The molecule has 3 rings (SSSR count). The first-order valence-corrected chi connectivity index (χ1v) is 11.5. The van der Waals surface area contributed by atoms with Crippen molar-refractivity contribution in [3.63, 3.8) is 0 Å². The van der Waals surface area contributed by atoms with E-state index in [4.69, 9.17) is 4.74 Å². The molecule has 1 aromatic carbocycles. The van der Waals surface area contributed by atoms with Gasteiger partial charge in [-0.3, -0.25) is 5.32 Å². The molecule has 0 bridgehead atoms. The van der Waals surface area contributed by atoms with Crippen LogP contribution in [0.4, 0.5) is 10.7 Å². The van der Waals surface area contributed by atoms with Gasteiger partial charge in [0.25, 0.3) is 10.0 Å². The lowest BCUT2D eigenvalue weighted by molar-refractivity contribution is 0.256. The van der Waals surface area contributed by atoms with E-state index < -0.39 is 16.1 Å². The first kappa shape index (κ1) is 20.7. The predicted octanol–water partition coefficient (Wildman–Crippen LogP) is 3.63. The normalized spacial score (nSPS) is 15.0. The Bertz CT molecular complexity index is 1030. The van der Waals surface area contributed by atoms with Crippen molar-refractivity contribution in [1.29, 1.82) is 0 Å². The Hall–Kier alpha value is -1.98. The summed E-state index contributed by atoms with van der Waals surface area (Å²) in [6, 6.07) is 5.70. The molecule has 0 spiro atoms. The molecule has 8 nitrogen and oxygen atoms in total. The van der Waals surface area contributed by atoms with Crippen molar-refractivity contribution in [3.8, 4) is 5.88 Å². The van der Waals surface area contributed by atoms with Gasteiger partial charge in [0.15, 0.2) is 0 Å². The predicted molar refractivity (Wildman–Crippen MR) is 110 cm³/mol. The molecule has 1 aromatic heterocycles. The molecule has 2 amide bonds. The molecule has 0 radical (unpaired) electrons. The maximum absolute atomic E-state index is 12.8. The summed E-state index contributed by atoms with van der Waals surface area (Å²) < 4.78 is 32.7. The second kappa shape index (κ2) is 7.80. The second-order valence-electron chi connectivity index (χ2n) is 6.35. The Morgan fingerprint density at radius 2 is 2.00 bits per heavy atom. The van der Waals surface area contributed by atoms with Gasteiger partial charge in [-0.2, -0.15) is 4.98 Å². The highest BCUT2D eigenvalue weighted by atomic mass is 32.2. The van der Waals surface area contributed by atoms with E-state index in [2.05, 4.69) is 15.3 Å². The molecule has 28 heavy (non-hydrogen) atoms. The summed E-state index contributed by atoms with van der Waals surface area (Å²) in [7, 11) is -4.07. The Kier molecular flexibility index (Phi) is 5.78. The first-order chi connectivity index (χ1) is 13.1. The van der Waals surface area contributed by atoms with Crippen LogP contribution in [0.5, 0.6) is 5.88 Å². The van der Waals surface area contributed by atoms with Crippen LogP contribution in [-0.4, -0.2) is 35.1 Å². The summed E-state index contributed by atoms with van der Waals surface area (Å²) in [6.45, 7) is 7.96. The number of carbonyl (C=O) groups is 1. The van der Waals surface area contributed by atoms with Crippen molar-refractivity contribution in [3.05, 3.63) is 30.0 Å². The summed E-state index contributed by atoms with van der Waals surface area (Å²) in [4.78, 5) is 22.0. The fourth-order valence-electron chi connectivity index (χ4n) is 2.54. The Labute approximate surface area is 172 Å². The molecule has 0 fully saturated rings. The number of hydrogen-bond acceptors (Lipinski definition) is 8. The Morgan fingerprint density at radius 3 is 2.71 bits per heavy atom. The number of sulfonamides is 1. The maximum atomic E-state index is 12.8. The zero-order valence-corrected chi connectivity index (χ0v) is 18.2. The van der Waals surface area contributed by atoms with Crippen LogP contribution in [0.3, 0.4) is 0 Å². The minimum Gasteiger partial charge on any atom is -0.478 e. The molecule has 11 heteroatoms. The fraction of sp³-hybridized carbons (Fsp3) is 0.353. The van der Waals surface area contributed by atoms with E-state index in [1.54, 1.807) is 37.7 Å². The van der Waals surface area contributed by atoms with Crippen molar-refractivity contribution < 1.29 is 17.9 Å². The number of benzene rings is 1. The van der Waals surface area contributed by atoms with Gasteiger partial charge in [-0.05, 0) is 39.8 Å².